The van der Waals surface area contributed by atoms with Crippen molar-refractivity contribution in [3.8, 4) is 0 Å². The Balaban J connectivity index is 2.31. The molecule has 0 radical (unpaired) electrons. The number of halogens is 1. The summed E-state index contributed by atoms with van der Waals surface area (Å²) in [4.78, 5) is 2.57. The molecule has 0 aromatic heterocycles. The van der Waals surface area contributed by atoms with Crippen LogP contribution in [0.5, 0.6) is 0 Å². The van der Waals surface area contributed by atoms with E-state index in [0.29, 0.717) is 0 Å². The van der Waals surface area contributed by atoms with Gasteiger partial charge in [0.05, 0.1) is 0 Å². The van der Waals surface area contributed by atoms with E-state index in [9.17, 15) is 0 Å². The van der Waals surface area contributed by atoms with Crippen molar-refractivity contribution in [3.05, 3.63) is 0 Å². The summed E-state index contributed by atoms with van der Waals surface area (Å²) >= 11 is 3.55. The zero-order valence-corrected chi connectivity index (χ0v) is 11.4. The first kappa shape index (κ1) is 12.5. The predicted molar refractivity (Wildman–Crippen MR) is 67.0 cm³/mol. The van der Waals surface area contributed by atoms with Crippen LogP contribution >= 0.6 is 15.9 Å². The van der Waals surface area contributed by atoms with Crippen molar-refractivity contribution in [2.75, 3.05) is 18.9 Å². The standard InChI is InChI=1S/C12H24BrN/c1-10-5-4-6-12(7-10)14(3)9-11(2)8-13/h10-12H,4-9H2,1-3H3. The summed E-state index contributed by atoms with van der Waals surface area (Å²) in [7, 11) is 2.29. The molecule has 0 N–H and O–H groups in total. The molecule has 1 fully saturated rings. The third-order valence-electron chi connectivity index (χ3n) is 3.40. The fraction of sp³-hybridized carbons (Fsp3) is 1.00. The zero-order chi connectivity index (χ0) is 10.6. The Morgan fingerprint density at radius 3 is 2.71 bits per heavy atom. The van der Waals surface area contributed by atoms with Crippen molar-refractivity contribution in [1.82, 2.24) is 4.90 Å². The molecule has 1 rings (SSSR count). The van der Waals surface area contributed by atoms with Gasteiger partial charge >= 0.3 is 0 Å². The molecule has 0 spiro atoms. The molecular formula is C12H24BrN. The molecule has 3 unspecified atom stereocenters. The lowest BCUT2D eigenvalue weighted by Gasteiger charge is -2.35. The average molecular weight is 262 g/mol. The number of hydrogen-bond donors (Lipinski definition) is 0. The Morgan fingerprint density at radius 2 is 2.14 bits per heavy atom. The maximum atomic E-state index is 3.55. The van der Waals surface area contributed by atoms with Crippen molar-refractivity contribution >= 4 is 15.9 Å². The van der Waals surface area contributed by atoms with E-state index >= 15 is 0 Å². The average Bonchev–Trinajstić information content (AvgIpc) is 2.17. The molecule has 14 heavy (non-hydrogen) atoms. The van der Waals surface area contributed by atoms with Gasteiger partial charge in [-0.2, -0.15) is 0 Å². The van der Waals surface area contributed by atoms with Crippen molar-refractivity contribution in [2.24, 2.45) is 11.8 Å². The van der Waals surface area contributed by atoms with E-state index in [1.807, 2.05) is 0 Å². The third kappa shape index (κ3) is 3.90. The van der Waals surface area contributed by atoms with Gasteiger partial charge in [0.25, 0.3) is 0 Å². The lowest BCUT2D eigenvalue weighted by molar-refractivity contribution is 0.151. The van der Waals surface area contributed by atoms with Crippen LogP contribution in [0, 0.1) is 11.8 Å². The summed E-state index contributed by atoms with van der Waals surface area (Å²) in [5, 5.41) is 1.12. The summed E-state index contributed by atoms with van der Waals surface area (Å²) in [6, 6.07) is 0.847. The largest absolute Gasteiger partial charge is 0.303 e. The minimum Gasteiger partial charge on any atom is -0.303 e. The first-order valence-electron chi connectivity index (χ1n) is 5.89. The molecule has 84 valence electrons. The highest BCUT2D eigenvalue weighted by molar-refractivity contribution is 9.09. The van der Waals surface area contributed by atoms with Crippen LogP contribution in [0.15, 0.2) is 0 Å². The molecular weight excluding hydrogens is 238 g/mol. The summed E-state index contributed by atoms with van der Waals surface area (Å²) in [6.07, 6.45) is 5.69. The normalized spacial score (nSPS) is 30.6. The van der Waals surface area contributed by atoms with Crippen molar-refractivity contribution in [2.45, 2.75) is 45.6 Å². The quantitative estimate of drug-likeness (QED) is 0.700. The highest BCUT2D eigenvalue weighted by atomic mass is 79.9. The minimum absolute atomic E-state index is 0.775. The maximum Gasteiger partial charge on any atom is 0.00948 e. The van der Waals surface area contributed by atoms with Crippen molar-refractivity contribution in [1.29, 1.82) is 0 Å². The third-order valence-corrected chi connectivity index (χ3v) is 4.50. The van der Waals surface area contributed by atoms with Gasteiger partial charge in [-0.3, -0.25) is 0 Å². The summed E-state index contributed by atoms with van der Waals surface area (Å²) in [5.41, 5.74) is 0. The Labute approximate surface area is 97.4 Å². The lowest BCUT2D eigenvalue weighted by atomic mass is 9.86. The van der Waals surface area contributed by atoms with Gasteiger partial charge in [0.2, 0.25) is 0 Å². The molecule has 0 heterocycles. The second-order valence-corrected chi connectivity index (χ2v) is 5.77. The smallest absolute Gasteiger partial charge is 0.00948 e. The second kappa shape index (κ2) is 6.12. The molecule has 0 aromatic carbocycles. The molecule has 1 aliphatic carbocycles. The van der Waals surface area contributed by atoms with E-state index in [-0.39, 0.29) is 0 Å². The number of nitrogens with zero attached hydrogens (tertiary/aromatic N) is 1. The van der Waals surface area contributed by atoms with Gasteiger partial charge in [-0.15, -0.1) is 0 Å². The molecule has 3 atom stereocenters. The number of alkyl halides is 1. The minimum atomic E-state index is 0.775. The van der Waals surface area contributed by atoms with E-state index in [2.05, 4.69) is 41.7 Å². The monoisotopic (exact) mass is 261 g/mol. The van der Waals surface area contributed by atoms with Crippen LogP contribution in [0.25, 0.3) is 0 Å². The molecule has 1 aliphatic rings. The van der Waals surface area contributed by atoms with Gasteiger partial charge in [0.1, 0.15) is 0 Å². The molecule has 0 saturated heterocycles. The molecule has 0 bridgehead atoms. The van der Waals surface area contributed by atoms with Crippen molar-refractivity contribution < 1.29 is 0 Å². The maximum absolute atomic E-state index is 3.55. The van der Waals surface area contributed by atoms with Crippen LogP contribution in [0.1, 0.15) is 39.5 Å². The van der Waals surface area contributed by atoms with E-state index in [4.69, 9.17) is 0 Å². The Morgan fingerprint density at radius 1 is 1.43 bits per heavy atom. The Bertz CT molecular complexity index is 160. The predicted octanol–water partition coefficient (Wildman–Crippen LogP) is 3.53. The summed E-state index contributed by atoms with van der Waals surface area (Å²) in [5.74, 6) is 1.72. The highest BCUT2D eigenvalue weighted by Crippen LogP contribution is 2.27. The van der Waals surface area contributed by atoms with E-state index in [0.717, 1.165) is 23.2 Å². The Kier molecular flexibility index (Phi) is 5.47. The summed E-state index contributed by atoms with van der Waals surface area (Å²) in [6.45, 7) is 5.95. The van der Waals surface area contributed by atoms with Crippen LogP contribution in [-0.4, -0.2) is 29.9 Å². The number of rotatable bonds is 4. The van der Waals surface area contributed by atoms with Crippen LogP contribution in [-0.2, 0) is 0 Å². The van der Waals surface area contributed by atoms with Crippen LogP contribution in [0.4, 0.5) is 0 Å². The van der Waals surface area contributed by atoms with Gasteiger partial charge in [-0.1, -0.05) is 42.6 Å². The molecule has 0 aromatic rings. The summed E-state index contributed by atoms with van der Waals surface area (Å²) < 4.78 is 0. The first-order valence-corrected chi connectivity index (χ1v) is 7.01. The molecule has 1 saturated carbocycles. The van der Waals surface area contributed by atoms with Gasteiger partial charge in [-0.05, 0) is 31.7 Å². The van der Waals surface area contributed by atoms with Crippen LogP contribution in [0.3, 0.4) is 0 Å². The van der Waals surface area contributed by atoms with Gasteiger partial charge in [0.15, 0.2) is 0 Å². The number of hydrogen-bond acceptors (Lipinski definition) is 1. The zero-order valence-electron chi connectivity index (χ0n) is 9.80. The molecule has 0 amide bonds. The molecule has 1 nitrogen and oxygen atoms in total. The van der Waals surface area contributed by atoms with Crippen LogP contribution < -0.4 is 0 Å². The highest BCUT2D eigenvalue weighted by Gasteiger charge is 2.22. The first-order chi connectivity index (χ1) is 6.63. The van der Waals surface area contributed by atoms with E-state index in [1.54, 1.807) is 0 Å². The second-order valence-electron chi connectivity index (χ2n) is 5.12. The SMILES string of the molecule is CC1CCCC(N(C)CC(C)CBr)C1. The lowest BCUT2D eigenvalue weighted by Crippen LogP contribution is -2.38. The fourth-order valence-electron chi connectivity index (χ4n) is 2.49. The fourth-order valence-corrected chi connectivity index (χ4v) is 2.70. The van der Waals surface area contributed by atoms with Crippen molar-refractivity contribution in [3.63, 3.8) is 0 Å². The van der Waals surface area contributed by atoms with E-state index < -0.39 is 0 Å². The Hall–Kier alpha value is 0.440. The van der Waals surface area contributed by atoms with Gasteiger partial charge < -0.3 is 4.90 Å². The molecule has 2 heteroatoms. The molecule has 0 aliphatic heterocycles. The topological polar surface area (TPSA) is 3.24 Å². The van der Waals surface area contributed by atoms with Gasteiger partial charge in [-0.25, -0.2) is 0 Å². The van der Waals surface area contributed by atoms with E-state index in [1.165, 1.54) is 32.2 Å². The van der Waals surface area contributed by atoms with Crippen LogP contribution in [0.2, 0.25) is 0 Å². The van der Waals surface area contributed by atoms with Gasteiger partial charge in [0, 0.05) is 17.9 Å².